The molecule has 1 unspecified atom stereocenters. The fourth-order valence-corrected chi connectivity index (χ4v) is 3.08. The smallest absolute Gasteiger partial charge is 0.401 e. The summed E-state index contributed by atoms with van der Waals surface area (Å²) in [6.45, 7) is 5.57. The van der Waals surface area contributed by atoms with Crippen LogP contribution in [0.5, 0.6) is 5.75 Å². The monoisotopic (exact) mass is 528 g/mol. The number of hydrogen-bond donors (Lipinski definition) is 2. The quantitative estimate of drug-likeness (QED) is 0.307. The molecule has 1 saturated heterocycles. The summed E-state index contributed by atoms with van der Waals surface area (Å²) >= 11 is 0. The van der Waals surface area contributed by atoms with Crippen molar-refractivity contribution >= 4 is 29.9 Å². The van der Waals surface area contributed by atoms with Crippen LogP contribution in [0, 0.1) is 5.92 Å². The lowest BCUT2D eigenvalue weighted by molar-refractivity contribution is -0.143. The molecule has 166 valence electrons. The number of guanidine groups is 1. The Labute approximate surface area is 188 Å². The van der Waals surface area contributed by atoms with E-state index in [1.807, 2.05) is 24.3 Å². The number of alkyl halides is 3. The number of nitrogens with one attached hydrogen (secondary N) is 2. The van der Waals surface area contributed by atoms with Crippen LogP contribution in [0.4, 0.5) is 13.2 Å². The number of nitrogens with zero attached hydrogens (tertiary/aromatic N) is 2. The molecule has 0 amide bonds. The van der Waals surface area contributed by atoms with E-state index < -0.39 is 12.7 Å². The molecule has 29 heavy (non-hydrogen) atoms. The largest absolute Gasteiger partial charge is 0.493 e. The highest BCUT2D eigenvalue weighted by Gasteiger charge is 2.34. The molecule has 1 aliphatic rings. The molecule has 0 radical (unpaired) electrons. The third-order valence-corrected chi connectivity index (χ3v) is 4.45. The standard InChI is InChI=1S/C20H31F3N4O.HI/c1-15(2)13-28-18-6-4-16(5-7-18)8-10-25-19(24-3)26-17-9-11-27(12-17)14-20(21,22)23;/h4-7,15,17H,8-14H2,1-3H3,(H2,24,25,26);1H. The first-order valence-corrected chi connectivity index (χ1v) is 9.73. The van der Waals surface area contributed by atoms with Crippen LogP contribution in [0.3, 0.4) is 0 Å². The molecule has 1 heterocycles. The molecule has 2 N–H and O–H groups in total. The Morgan fingerprint density at radius 2 is 1.97 bits per heavy atom. The molecule has 0 saturated carbocycles. The van der Waals surface area contributed by atoms with Crippen LogP contribution in [-0.4, -0.2) is 62.9 Å². The highest BCUT2D eigenvalue weighted by molar-refractivity contribution is 14.0. The molecule has 0 aliphatic carbocycles. The van der Waals surface area contributed by atoms with E-state index in [1.54, 1.807) is 7.05 Å². The molecule has 1 aliphatic heterocycles. The van der Waals surface area contributed by atoms with Crippen LogP contribution in [0.25, 0.3) is 0 Å². The number of ether oxygens (including phenoxy) is 1. The summed E-state index contributed by atoms with van der Waals surface area (Å²) in [5.41, 5.74) is 1.18. The topological polar surface area (TPSA) is 48.9 Å². The van der Waals surface area contributed by atoms with Crippen LogP contribution in [0.2, 0.25) is 0 Å². The zero-order valence-electron chi connectivity index (χ0n) is 17.3. The maximum atomic E-state index is 12.5. The van der Waals surface area contributed by atoms with Gasteiger partial charge in [0.25, 0.3) is 0 Å². The Bertz CT molecular complexity index is 623. The van der Waals surface area contributed by atoms with Crippen molar-refractivity contribution in [3.8, 4) is 5.75 Å². The lowest BCUT2D eigenvalue weighted by Gasteiger charge is -2.19. The maximum Gasteiger partial charge on any atom is 0.401 e. The molecule has 1 aromatic carbocycles. The average molecular weight is 528 g/mol. The fraction of sp³-hybridized carbons (Fsp3) is 0.650. The second kappa shape index (κ2) is 12.5. The molecule has 1 atom stereocenters. The van der Waals surface area contributed by atoms with Gasteiger partial charge in [-0.05, 0) is 36.5 Å². The molecule has 0 spiro atoms. The third-order valence-electron chi connectivity index (χ3n) is 4.45. The molecule has 1 aromatic rings. The van der Waals surface area contributed by atoms with Crippen molar-refractivity contribution in [1.82, 2.24) is 15.5 Å². The molecule has 0 aromatic heterocycles. The molecule has 2 rings (SSSR count). The number of aliphatic imine (C=N–C) groups is 1. The summed E-state index contributed by atoms with van der Waals surface area (Å²) in [5, 5.41) is 6.44. The van der Waals surface area contributed by atoms with Crippen LogP contribution in [0.15, 0.2) is 29.3 Å². The third kappa shape index (κ3) is 10.4. The van der Waals surface area contributed by atoms with Gasteiger partial charge in [-0.3, -0.25) is 9.89 Å². The fourth-order valence-electron chi connectivity index (χ4n) is 3.08. The van der Waals surface area contributed by atoms with E-state index in [1.165, 1.54) is 10.5 Å². The molecular formula is C20H32F3IN4O. The predicted octanol–water partition coefficient (Wildman–Crippen LogP) is 3.68. The van der Waals surface area contributed by atoms with Gasteiger partial charge in [0.05, 0.1) is 13.2 Å². The van der Waals surface area contributed by atoms with Gasteiger partial charge in [0.15, 0.2) is 5.96 Å². The van der Waals surface area contributed by atoms with Gasteiger partial charge in [-0.2, -0.15) is 13.2 Å². The van der Waals surface area contributed by atoms with Crippen LogP contribution < -0.4 is 15.4 Å². The zero-order valence-corrected chi connectivity index (χ0v) is 19.6. The van der Waals surface area contributed by atoms with Crippen molar-refractivity contribution in [2.24, 2.45) is 10.9 Å². The van der Waals surface area contributed by atoms with Crippen LogP contribution in [0.1, 0.15) is 25.8 Å². The normalized spacial score (nSPS) is 17.9. The van der Waals surface area contributed by atoms with E-state index in [4.69, 9.17) is 4.74 Å². The second-order valence-electron chi connectivity index (χ2n) is 7.58. The molecule has 1 fully saturated rings. The molecule has 5 nitrogen and oxygen atoms in total. The SMILES string of the molecule is CN=C(NCCc1ccc(OCC(C)C)cc1)NC1CCN(CC(F)(F)F)C1.I. The van der Waals surface area contributed by atoms with E-state index in [9.17, 15) is 13.2 Å². The van der Waals surface area contributed by atoms with E-state index in [0.717, 1.165) is 12.2 Å². The Balaban J connectivity index is 0.00000420. The van der Waals surface area contributed by atoms with E-state index in [-0.39, 0.29) is 30.0 Å². The second-order valence-corrected chi connectivity index (χ2v) is 7.58. The molecular weight excluding hydrogens is 496 g/mol. The minimum atomic E-state index is -4.15. The van der Waals surface area contributed by atoms with Crippen molar-refractivity contribution in [3.05, 3.63) is 29.8 Å². The van der Waals surface area contributed by atoms with Crippen molar-refractivity contribution in [1.29, 1.82) is 0 Å². The number of hydrogen-bond acceptors (Lipinski definition) is 3. The van der Waals surface area contributed by atoms with Gasteiger partial charge in [0.1, 0.15) is 5.75 Å². The van der Waals surface area contributed by atoms with Gasteiger partial charge in [-0.1, -0.05) is 26.0 Å². The number of rotatable bonds is 8. The Morgan fingerprint density at radius 3 is 2.55 bits per heavy atom. The average Bonchev–Trinajstić information content (AvgIpc) is 3.05. The minimum Gasteiger partial charge on any atom is -0.493 e. The van der Waals surface area contributed by atoms with Crippen molar-refractivity contribution in [2.45, 2.75) is 38.9 Å². The lowest BCUT2D eigenvalue weighted by atomic mass is 10.1. The van der Waals surface area contributed by atoms with Crippen molar-refractivity contribution in [3.63, 3.8) is 0 Å². The molecule has 9 heteroatoms. The molecule has 0 bridgehead atoms. The number of benzene rings is 1. The van der Waals surface area contributed by atoms with Gasteiger partial charge in [0, 0.05) is 32.7 Å². The van der Waals surface area contributed by atoms with Crippen LogP contribution in [-0.2, 0) is 6.42 Å². The predicted molar refractivity (Wildman–Crippen MR) is 121 cm³/mol. The Morgan fingerprint density at radius 1 is 1.28 bits per heavy atom. The van der Waals surface area contributed by atoms with Crippen molar-refractivity contribution in [2.75, 3.05) is 39.8 Å². The number of halogens is 4. The summed E-state index contributed by atoms with van der Waals surface area (Å²) in [4.78, 5) is 5.60. The minimum absolute atomic E-state index is 0. The summed E-state index contributed by atoms with van der Waals surface area (Å²) in [6.07, 6.45) is -2.66. The van der Waals surface area contributed by atoms with Gasteiger partial charge in [0.2, 0.25) is 0 Å². The summed E-state index contributed by atoms with van der Waals surface area (Å²) < 4.78 is 43.1. The van der Waals surface area contributed by atoms with Gasteiger partial charge in [-0.25, -0.2) is 0 Å². The van der Waals surface area contributed by atoms with Crippen LogP contribution >= 0.6 is 24.0 Å². The lowest BCUT2D eigenvalue weighted by Crippen LogP contribution is -2.45. The summed E-state index contributed by atoms with van der Waals surface area (Å²) in [6, 6.07) is 8.00. The Kier molecular flexibility index (Phi) is 11.1. The van der Waals surface area contributed by atoms with Gasteiger partial charge >= 0.3 is 6.18 Å². The number of likely N-dealkylation sites (tertiary alicyclic amines) is 1. The van der Waals surface area contributed by atoms with E-state index in [2.05, 4.69) is 29.5 Å². The first kappa shape index (κ1) is 25.8. The van der Waals surface area contributed by atoms with Gasteiger partial charge in [-0.15, -0.1) is 24.0 Å². The van der Waals surface area contributed by atoms with E-state index in [0.29, 0.717) is 44.5 Å². The first-order chi connectivity index (χ1) is 13.2. The first-order valence-electron chi connectivity index (χ1n) is 9.73. The maximum absolute atomic E-state index is 12.5. The van der Waals surface area contributed by atoms with E-state index >= 15 is 0 Å². The Hall–Kier alpha value is -1.23. The highest BCUT2D eigenvalue weighted by atomic mass is 127. The summed E-state index contributed by atoms with van der Waals surface area (Å²) in [5.74, 6) is 1.98. The zero-order chi connectivity index (χ0) is 20.6. The summed E-state index contributed by atoms with van der Waals surface area (Å²) in [7, 11) is 1.67. The highest BCUT2D eigenvalue weighted by Crippen LogP contribution is 2.20. The van der Waals surface area contributed by atoms with Gasteiger partial charge < -0.3 is 15.4 Å². The van der Waals surface area contributed by atoms with Crippen molar-refractivity contribution < 1.29 is 17.9 Å².